The minimum Gasteiger partial charge on any atom is -0.450 e. The number of nitrogens with one attached hydrogen (secondary N) is 2. The monoisotopic (exact) mass is 711 g/mol. The van der Waals surface area contributed by atoms with Gasteiger partial charge in [0.25, 0.3) is 0 Å². The number of hydrogen-bond acceptors (Lipinski definition) is 6. The molecule has 12 heteroatoms. The van der Waals surface area contributed by atoms with E-state index < -0.39 is 37.5 Å². The van der Waals surface area contributed by atoms with Crippen molar-refractivity contribution < 1.29 is 27.8 Å². The van der Waals surface area contributed by atoms with Gasteiger partial charge in [0.1, 0.15) is 23.1 Å². The average molecular weight is 712 g/mol. The van der Waals surface area contributed by atoms with Crippen LogP contribution in [0.3, 0.4) is 0 Å². The van der Waals surface area contributed by atoms with Gasteiger partial charge in [-0.1, -0.05) is 70.7 Å². The summed E-state index contributed by atoms with van der Waals surface area (Å²) in [5.41, 5.74) is 0.479. The van der Waals surface area contributed by atoms with Crippen LogP contribution in [0.1, 0.15) is 59.0 Å². The van der Waals surface area contributed by atoms with Crippen LogP contribution in [0.5, 0.6) is 0 Å². The lowest BCUT2D eigenvalue weighted by atomic mass is 9.85. The maximum Gasteiger partial charge on any atom is 0.410 e. The van der Waals surface area contributed by atoms with Crippen LogP contribution in [-0.4, -0.2) is 73.1 Å². The van der Waals surface area contributed by atoms with E-state index in [0.717, 1.165) is 23.7 Å². The van der Waals surface area contributed by atoms with Crippen molar-refractivity contribution in [3.63, 3.8) is 0 Å². The molecule has 0 radical (unpaired) electrons. The third-order valence-corrected chi connectivity index (χ3v) is 10.4. The Kier molecular flexibility index (Phi) is 12.5. The topological polar surface area (TPSA) is 97.7 Å². The minimum absolute atomic E-state index is 0.0349. The van der Waals surface area contributed by atoms with Gasteiger partial charge in [0.2, 0.25) is 0 Å². The largest absolute Gasteiger partial charge is 0.450 e. The van der Waals surface area contributed by atoms with Crippen LogP contribution in [0.15, 0.2) is 54.7 Å². The highest BCUT2D eigenvalue weighted by atomic mass is 28.3. The SMILES string of the molecule is CC(C)(C)OC(=O)N1CC(CNC(=O)OCC[Si](C)(C)C)C(CN[C@@H](c2nc(-c3cc(F)ccc3F)cn2Cc2ccccc2)C(C)(C)C)C1. The number of likely N-dealkylation sites (tertiary alicyclic amines) is 1. The van der Waals surface area contributed by atoms with Crippen LogP contribution in [0.4, 0.5) is 18.4 Å². The Hall–Kier alpha value is -3.77. The summed E-state index contributed by atoms with van der Waals surface area (Å²) in [6.07, 6.45) is 0.925. The van der Waals surface area contributed by atoms with Gasteiger partial charge in [0, 0.05) is 52.6 Å². The number of imidazole rings is 1. The second-order valence-electron chi connectivity index (χ2n) is 16.7. The highest BCUT2D eigenvalue weighted by molar-refractivity contribution is 6.76. The number of rotatable bonds is 12. The summed E-state index contributed by atoms with van der Waals surface area (Å²) in [5.74, 6) is -0.511. The van der Waals surface area contributed by atoms with Crippen molar-refractivity contribution in [1.82, 2.24) is 25.1 Å². The van der Waals surface area contributed by atoms with E-state index in [1.54, 1.807) is 11.1 Å². The van der Waals surface area contributed by atoms with Gasteiger partial charge in [-0.05, 0) is 67.8 Å². The summed E-state index contributed by atoms with van der Waals surface area (Å²) in [4.78, 5) is 32.4. The van der Waals surface area contributed by atoms with E-state index in [1.807, 2.05) is 55.7 Å². The molecule has 0 saturated carbocycles. The number of alkyl carbamates (subject to hydrolysis) is 1. The van der Waals surface area contributed by atoms with Crippen LogP contribution in [0.2, 0.25) is 25.7 Å². The Balaban J connectivity index is 1.60. The highest BCUT2D eigenvalue weighted by Crippen LogP contribution is 2.36. The van der Waals surface area contributed by atoms with Gasteiger partial charge in [0.05, 0.1) is 18.3 Å². The molecule has 2 unspecified atom stereocenters. The lowest BCUT2D eigenvalue weighted by molar-refractivity contribution is 0.0283. The summed E-state index contributed by atoms with van der Waals surface area (Å²) < 4.78 is 42.4. The van der Waals surface area contributed by atoms with Crippen LogP contribution in [0, 0.1) is 28.9 Å². The molecule has 2 aromatic carbocycles. The summed E-state index contributed by atoms with van der Waals surface area (Å²) in [5, 5.41) is 6.67. The number of benzene rings is 2. The molecule has 3 aromatic rings. The molecular weight excluding hydrogens is 657 g/mol. The molecule has 0 spiro atoms. The van der Waals surface area contributed by atoms with E-state index in [0.29, 0.717) is 50.8 Å². The molecule has 50 heavy (non-hydrogen) atoms. The van der Waals surface area contributed by atoms with Crippen LogP contribution in [0.25, 0.3) is 11.3 Å². The average Bonchev–Trinajstić information content (AvgIpc) is 3.60. The molecule has 2 N–H and O–H groups in total. The van der Waals surface area contributed by atoms with Crippen molar-refractivity contribution in [1.29, 1.82) is 0 Å². The molecule has 4 rings (SSSR count). The van der Waals surface area contributed by atoms with Gasteiger partial charge < -0.3 is 29.6 Å². The zero-order valence-electron chi connectivity index (χ0n) is 31.1. The lowest BCUT2D eigenvalue weighted by Gasteiger charge is -2.33. The third-order valence-electron chi connectivity index (χ3n) is 8.74. The zero-order chi connectivity index (χ0) is 36.9. The van der Waals surface area contributed by atoms with Crippen molar-refractivity contribution in [3.8, 4) is 11.3 Å². The number of amides is 2. The molecule has 2 amide bonds. The number of carbonyl (C=O) groups is 2. The first kappa shape index (κ1) is 39.0. The van der Waals surface area contributed by atoms with Crippen molar-refractivity contribution in [2.24, 2.45) is 17.3 Å². The first-order chi connectivity index (χ1) is 23.3. The molecule has 3 atom stereocenters. The van der Waals surface area contributed by atoms with Crippen molar-refractivity contribution in [3.05, 3.63) is 77.8 Å². The molecule has 274 valence electrons. The molecule has 9 nitrogen and oxygen atoms in total. The number of nitrogens with zero attached hydrogens (tertiary/aromatic N) is 3. The lowest BCUT2D eigenvalue weighted by Crippen LogP contribution is -2.41. The third kappa shape index (κ3) is 11.4. The van der Waals surface area contributed by atoms with E-state index in [1.165, 1.54) is 6.07 Å². The van der Waals surface area contributed by atoms with E-state index in [2.05, 4.69) is 51.0 Å². The van der Waals surface area contributed by atoms with Gasteiger partial charge in [0.15, 0.2) is 0 Å². The summed E-state index contributed by atoms with van der Waals surface area (Å²) in [7, 11) is -1.35. The number of hydrogen-bond donors (Lipinski definition) is 2. The molecule has 1 aliphatic heterocycles. The van der Waals surface area contributed by atoms with Crippen molar-refractivity contribution in [2.45, 2.75) is 85.4 Å². The zero-order valence-corrected chi connectivity index (χ0v) is 32.1. The molecule has 0 aliphatic carbocycles. The van der Waals surface area contributed by atoms with E-state index in [4.69, 9.17) is 14.5 Å². The fraction of sp³-hybridized carbons (Fsp3) is 0.553. The Labute approximate surface area is 297 Å². The Morgan fingerprint density at radius 2 is 1.64 bits per heavy atom. The van der Waals surface area contributed by atoms with E-state index in [-0.39, 0.29) is 28.9 Å². The number of halogens is 2. The number of aromatic nitrogens is 2. The fourth-order valence-corrected chi connectivity index (χ4v) is 6.75. The summed E-state index contributed by atoms with van der Waals surface area (Å²) >= 11 is 0. The van der Waals surface area contributed by atoms with Crippen molar-refractivity contribution in [2.75, 3.05) is 32.8 Å². The van der Waals surface area contributed by atoms with Gasteiger partial charge in [-0.25, -0.2) is 23.4 Å². The second-order valence-corrected chi connectivity index (χ2v) is 22.3. The summed E-state index contributed by atoms with van der Waals surface area (Å²) in [6.45, 7) is 21.1. The van der Waals surface area contributed by atoms with Gasteiger partial charge >= 0.3 is 12.2 Å². The molecule has 2 heterocycles. The normalized spacial score (nSPS) is 17.5. The Morgan fingerprint density at radius 1 is 0.980 bits per heavy atom. The maximum atomic E-state index is 15.0. The Morgan fingerprint density at radius 3 is 2.26 bits per heavy atom. The maximum absolute atomic E-state index is 15.0. The molecule has 1 aliphatic rings. The molecule has 0 bridgehead atoms. The highest BCUT2D eigenvalue weighted by Gasteiger charge is 2.39. The first-order valence-electron chi connectivity index (χ1n) is 17.5. The van der Waals surface area contributed by atoms with Crippen LogP contribution in [-0.2, 0) is 16.0 Å². The number of carbonyl (C=O) groups excluding carboxylic acids is 2. The molecule has 1 fully saturated rings. The van der Waals surface area contributed by atoms with E-state index >= 15 is 0 Å². The smallest absolute Gasteiger partial charge is 0.410 e. The first-order valence-corrected chi connectivity index (χ1v) is 21.2. The van der Waals surface area contributed by atoms with Gasteiger partial charge in [-0.2, -0.15) is 0 Å². The standard InChI is InChI=1S/C38H55F2N5O4Si/c1-37(2,3)33(34-43-32(30-19-29(39)15-16-31(30)40)25-44(34)22-26-13-11-10-12-14-26)41-20-27-23-45(36(47)49-38(4,5)6)24-28(27)21-42-35(46)48-17-18-50(7,8)9/h10-16,19,25,27-28,33,41H,17-18,20-24H2,1-9H3,(H,42,46)/t27?,28?,33-/m0/s1. The second kappa shape index (κ2) is 16.1. The van der Waals surface area contributed by atoms with Crippen LogP contribution >= 0.6 is 0 Å². The Bertz CT molecular complexity index is 1600. The predicted octanol–water partition coefficient (Wildman–Crippen LogP) is 8.10. The molecule has 1 aromatic heterocycles. The van der Waals surface area contributed by atoms with Gasteiger partial charge in [-0.15, -0.1) is 0 Å². The quantitative estimate of drug-likeness (QED) is 0.184. The van der Waals surface area contributed by atoms with Gasteiger partial charge in [-0.3, -0.25) is 0 Å². The molecular formula is C38H55F2N5O4Si. The van der Waals surface area contributed by atoms with Crippen molar-refractivity contribution >= 4 is 20.3 Å². The predicted molar refractivity (Wildman–Crippen MR) is 196 cm³/mol. The van der Waals surface area contributed by atoms with E-state index in [9.17, 15) is 18.4 Å². The van der Waals surface area contributed by atoms with Crippen LogP contribution < -0.4 is 10.6 Å². The summed E-state index contributed by atoms with van der Waals surface area (Å²) in [6, 6.07) is 13.9. The minimum atomic E-state index is -1.35. The molecule has 1 saturated heterocycles. The number of ether oxygens (including phenoxy) is 2. The fourth-order valence-electron chi connectivity index (χ4n) is 6.04.